The smallest absolute Gasteiger partial charge is 1.00 e. The van der Waals surface area contributed by atoms with E-state index >= 15 is 0 Å². The molecule has 40 valence electrons. The van der Waals surface area contributed by atoms with Gasteiger partial charge >= 0.3 is 103 Å². The van der Waals surface area contributed by atoms with Crippen LogP contribution in [-0.4, -0.2) is 26.3 Å². The minimum absolute atomic E-state index is 0. The van der Waals surface area contributed by atoms with Crippen LogP contribution < -0.4 is 108 Å². The summed E-state index contributed by atoms with van der Waals surface area (Å²) >= 11 is 0. The third-order valence-corrected chi connectivity index (χ3v) is 0.846. The number of rotatable bonds is 0. The van der Waals surface area contributed by atoms with E-state index in [0.29, 0.717) is 0 Å². The molecule has 0 amide bonds. The van der Waals surface area contributed by atoms with Crippen molar-refractivity contribution in [3.8, 4) is 0 Å². The van der Waals surface area contributed by atoms with Gasteiger partial charge in [-0.2, -0.15) is 0 Å². The average molecular weight is 167 g/mol. The zero-order valence-electron chi connectivity index (χ0n) is 7.74. The molecule has 0 saturated carbocycles. The first-order chi connectivity index (χ1) is 3.00. The quantitative estimate of drug-likeness (QED) is 0.363. The summed E-state index contributed by atoms with van der Waals surface area (Å²) in [6, 6.07) is 0. The van der Waals surface area contributed by atoms with Crippen LogP contribution in [0.2, 0.25) is 0 Å². The minimum Gasteiger partial charge on any atom is -1.00 e. The van der Waals surface area contributed by atoms with Crippen molar-refractivity contribution in [1.29, 1.82) is 0 Å². The van der Waals surface area contributed by atoms with Gasteiger partial charge in [0.25, 0.3) is 0 Å². The van der Waals surface area contributed by atoms with Gasteiger partial charge in [-0.1, -0.05) is 0 Å². The fourth-order valence-corrected chi connectivity index (χ4v) is 0.516. The van der Waals surface area contributed by atoms with Crippen molar-refractivity contribution in [1.82, 2.24) is 5.32 Å². The zero-order valence-corrected chi connectivity index (χ0v) is 12.0. The van der Waals surface area contributed by atoms with Crippen molar-refractivity contribution in [2.45, 2.75) is 0 Å². The Hall–Kier alpha value is 3.19. The predicted octanol–water partition coefficient (Wildman–Crippen LogP) is -6.16. The standard InChI is InChI=1S/C4H9NO.2K.2H/c1-3-6-4-2-5-1;;;;/h5H,1-4H2;;;;/q;2*+1;2*-1. The van der Waals surface area contributed by atoms with Gasteiger partial charge in [0.1, 0.15) is 0 Å². The number of nitrogens with one attached hydrogen (secondary N) is 1. The summed E-state index contributed by atoms with van der Waals surface area (Å²) in [6.45, 7) is 3.83. The van der Waals surface area contributed by atoms with Gasteiger partial charge < -0.3 is 12.9 Å². The maximum Gasteiger partial charge on any atom is 1.00 e. The fraction of sp³-hybridized carbons (Fsp3) is 1.00. The molecule has 0 aromatic heterocycles. The molecule has 1 fully saturated rings. The van der Waals surface area contributed by atoms with Crippen molar-refractivity contribution in [3.63, 3.8) is 0 Å². The molecule has 0 radical (unpaired) electrons. The summed E-state index contributed by atoms with van der Waals surface area (Å²) in [7, 11) is 0. The third kappa shape index (κ3) is 7.30. The minimum atomic E-state index is 0. The molecular weight excluding hydrogens is 156 g/mol. The van der Waals surface area contributed by atoms with E-state index in [1.54, 1.807) is 0 Å². The Kier molecular flexibility index (Phi) is 17.5. The van der Waals surface area contributed by atoms with Crippen LogP contribution in [0.1, 0.15) is 2.85 Å². The van der Waals surface area contributed by atoms with Crippen molar-refractivity contribution in [2.75, 3.05) is 26.3 Å². The molecule has 1 aliphatic heterocycles. The van der Waals surface area contributed by atoms with Gasteiger partial charge in [-0.15, -0.1) is 0 Å². The summed E-state index contributed by atoms with van der Waals surface area (Å²) in [5.41, 5.74) is 0. The van der Waals surface area contributed by atoms with Crippen LogP contribution in [0.5, 0.6) is 0 Å². The molecule has 8 heavy (non-hydrogen) atoms. The Bertz CT molecular complexity index is 36.7. The molecule has 1 rings (SSSR count). The van der Waals surface area contributed by atoms with Gasteiger partial charge in [0.2, 0.25) is 0 Å². The van der Waals surface area contributed by atoms with Gasteiger partial charge in [0, 0.05) is 13.1 Å². The first kappa shape index (κ1) is 13.8. The molecule has 1 N–H and O–H groups in total. The zero-order chi connectivity index (χ0) is 4.24. The molecule has 1 heterocycles. The van der Waals surface area contributed by atoms with Gasteiger partial charge in [-0.05, 0) is 0 Å². The molecule has 1 saturated heterocycles. The molecular formula is C4H11K2NO. The van der Waals surface area contributed by atoms with E-state index in [2.05, 4.69) is 5.32 Å². The van der Waals surface area contributed by atoms with Crippen molar-refractivity contribution in [3.05, 3.63) is 0 Å². The largest absolute Gasteiger partial charge is 1.00 e. The van der Waals surface area contributed by atoms with E-state index in [1.165, 1.54) is 0 Å². The molecule has 1 aliphatic rings. The van der Waals surface area contributed by atoms with Gasteiger partial charge in [-0.25, -0.2) is 0 Å². The topological polar surface area (TPSA) is 21.3 Å². The van der Waals surface area contributed by atoms with E-state index in [1.807, 2.05) is 0 Å². The number of morpholine rings is 1. The summed E-state index contributed by atoms with van der Waals surface area (Å²) in [4.78, 5) is 0. The SMILES string of the molecule is C1COCCN1.[H-].[H-].[K+].[K+]. The second kappa shape index (κ2) is 10.2. The van der Waals surface area contributed by atoms with E-state index in [4.69, 9.17) is 4.74 Å². The third-order valence-electron chi connectivity index (χ3n) is 0.846. The molecule has 0 aromatic carbocycles. The van der Waals surface area contributed by atoms with Crippen LogP contribution in [-0.2, 0) is 4.74 Å². The molecule has 0 bridgehead atoms. The van der Waals surface area contributed by atoms with Gasteiger partial charge in [0.05, 0.1) is 13.2 Å². The Morgan fingerprint density at radius 2 is 1.62 bits per heavy atom. The normalized spacial score (nSPS) is 18.0. The molecule has 2 nitrogen and oxygen atoms in total. The molecule has 0 atom stereocenters. The first-order valence-electron chi connectivity index (χ1n) is 2.28. The molecule has 0 aliphatic carbocycles. The molecule has 0 unspecified atom stereocenters. The van der Waals surface area contributed by atoms with E-state index < -0.39 is 0 Å². The van der Waals surface area contributed by atoms with Crippen LogP contribution in [0, 0.1) is 0 Å². The Balaban J connectivity index is -0.0000000450. The molecule has 0 aromatic rings. The van der Waals surface area contributed by atoms with Gasteiger partial charge in [0.15, 0.2) is 0 Å². The number of hydrogen-bond donors (Lipinski definition) is 1. The average Bonchev–Trinajstić information content (AvgIpc) is 1.72. The Labute approximate surface area is 138 Å². The van der Waals surface area contributed by atoms with Crippen molar-refractivity contribution < 1.29 is 110 Å². The summed E-state index contributed by atoms with van der Waals surface area (Å²) < 4.78 is 5.01. The van der Waals surface area contributed by atoms with Crippen LogP contribution in [0.3, 0.4) is 0 Å². The number of hydrogen-bond acceptors (Lipinski definition) is 2. The monoisotopic (exact) mass is 167 g/mol. The van der Waals surface area contributed by atoms with E-state index in [0.717, 1.165) is 26.3 Å². The Morgan fingerprint density at radius 3 is 1.75 bits per heavy atom. The van der Waals surface area contributed by atoms with Crippen LogP contribution >= 0.6 is 0 Å². The van der Waals surface area contributed by atoms with Crippen LogP contribution in [0.15, 0.2) is 0 Å². The first-order valence-corrected chi connectivity index (χ1v) is 2.28. The second-order valence-corrected chi connectivity index (χ2v) is 1.36. The van der Waals surface area contributed by atoms with Gasteiger partial charge in [-0.3, -0.25) is 0 Å². The fourth-order valence-electron chi connectivity index (χ4n) is 0.516. The molecule has 4 heteroatoms. The summed E-state index contributed by atoms with van der Waals surface area (Å²) in [5.74, 6) is 0. The second-order valence-electron chi connectivity index (χ2n) is 1.36. The van der Waals surface area contributed by atoms with Crippen molar-refractivity contribution >= 4 is 0 Å². The summed E-state index contributed by atoms with van der Waals surface area (Å²) in [5, 5.41) is 3.16. The van der Waals surface area contributed by atoms with E-state index in [-0.39, 0.29) is 106 Å². The maximum absolute atomic E-state index is 5.01. The Morgan fingerprint density at radius 1 is 1.12 bits per heavy atom. The van der Waals surface area contributed by atoms with Crippen molar-refractivity contribution in [2.24, 2.45) is 0 Å². The molecule has 0 spiro atoms. The maximum atomic E-state index is 5.01. The summed E-state index contributed by atoms with van der Waals surface area (Å²) in [6.07, 6.45) is 0. The van der Waals surface area contributed by atoms with Crippen LogP contribution in [0.25, 0.3) is 0 Å². The van der Waals surface area contributed by atoms with E-state index in [9.17, 15) is 0 Å². The number of ether oxygens (including phenoxy) is 1. The predicted molar refractivity (Wildman–Crippen MR) is 25.9 cm³/mol. The van der Waals surface area contributed by atoms with Crippen LogP contribution in [0.4, 0.5) is 0 Å².